The monoisotopic (exact) mass is 517 g/mol. The number of ether oxygens (including phenoxy) is 2. The number of anilines is 1. The molecule has 2 heterocycles. The van der Waals surface area contributed by atoms with E-state index in [0.29, 0.717) is 11.8 Å². The summed E-state index contributed by atoms with van der Waals surface area (Å²) in [5, 5.41) is 8.29. The summed E-state index contributed by atoms with van der Waals surface area (Å²) in [6.07, 6.45) is -4.63. The maximum absolute atomic E-state index is 13.5. The van der Waals surface area contributed by atoms with Crippen LogP contribution in [0.15, 0.2) is 58.7 Å². The van der Waals surface area contributed by atoms with E-state index < -0.39 is 29.2 Å². The largest absolute Gasteiger partial charge is 0.497 e. The van der Waals surface area contributed by atoms with Crippen molar-refractivity contribution in [3.05, 3.63) is 81.1 Å². The molecule has 1 amide bonds. The summed E-state index contributed by atoms with van der Waals surface area (Å²) in [4.78, 5) is 38.9. The highest BCUT2D eigenvalue weighted by Gasteiger charge is 2.31. The van der Waals surface area contributed by atoms with E-state index in [9.17, 15) is 27.6 Å². The summed E-state index contributed by atoms with van der Waals surface area (Å²) in [5.41, 5.74) is -1.77. The number of fused-ring (bicyclic) bond motifs is 1. The van der Waals surface area contributed by atoms with Gasteiger partial charge in [0.15, 0.2) is 5.69 Å². The van der Waals surface area contributed by atoms with Crippen molar-refractivity contribution in [2.24, 2.45) is 0 Å². The number of alkyl halides is 3. The van der Waals surface area contributed by atoms with Crippen LogP contribution in [-0.4, -0.2) is 35.4 Å². The standard InChI is InChI=1S/C24H18F3N3O5S/c1-3-35-23(33)19-17-12-36-21(28-20(31)13-6-4-7-14(10-13)24(25,26)27)18(17)22(32)30(29-19)15-8-5-9-16(11-15)34-2/h4-12H,3H2,1-2H3,(H,28,31). The molecule has 0 aliphatic heterocycles. The Morgan fingerprint density at radius 3 is 2.58 bits per heavy atom. The van der Waals surface area contributed by atoms with Crippen LogP contribution in [0.5, 0.6) is 5.75 Å². The Kier molecular flexibility index (Phi) is 6.80. The summed E-state index contributed by atoms with van der Waals surface area (Å²) in [5.74, 6) is -1.21. The summed E-state index contributed by atoms with van der Waals surface area (Å²) in [6.45, 7) is 1.67. The fourth-order valence-electron chi connectivity index (χ4n) is 3.42. The summed E-state index contributed by atoms with van der Waals surface area (Å²) in [7, 11) is 1.45. The molecule has 0 aliphatic carbocycles. The molecule has 4 aromatic rings. The number of amides is 1. The van der Waals surface area contributed by atoms with Crippen LogP contribution in [0.1, 0.15) is 33.3 Å². The average molecular weight is 517 g/mol. The number of hydrogen-bond acceptors (Lipinski definition) is 7. The number of methoxy groups -OCH3 is 1. The second-order valence-corrected chi connectivity index (χ2v) is 8.25. The van der Waals surface area contributed by atoms with E-state index >= 15 is 0 Å². The third-order valence-corrected chi connectivity index (χ3v) is 5.99. The van der Waals surface area contributed by atoms with Crippen molar-refractivity contribution >= 4 is 39.0 Å². The molecule has 0 atom stereocenters. The second kappa shape index (κ2) is 9.82. The van der Waals surface area contributed by atoms with E-state index in [1.165, 1.54) is 24.6 Å². The lowest BCUT2D eigenvalue weighted by atomic mass is 10.1. The highest BCUT2D eigenvalue weighted by molar-refractivity contribution is 7.16. The maximum Gasteiger partial charge on any atom is 0.416 e. The summed E-state index contributed by atoms with van der Waals surface area (Å²) in [6, 6.07) is 10.3. The van der Waals surface area contributed by atoms with Gasteiger partial charge in [-0.05, 0) is 37.3 Å². The Morgan fingerprint density at radius 1 is 1.14 bits per heavy atom. The lowest BCUT2D eigenvalue weighted by Crippen LogP contribution is -2.25. The Labute approximate surface area is 205 Å². The highest BCUT2D eigenvalue weighted by atomic mass is 32.1. The predicted molar refractivity (Wildman–Crippen MR) is 127 cm³/mol. The Balaban J connectivity index is 1.85. The van der Waals surface area contributed by atoms with Crippen molar-refractivity contribution in [3.8, 4) is 11.4 Å². The van der Waals surface area contributed by atoms with Gasteiger partial charge in [0.25, 0.3) is 11.5 Å². The average Bonchev–Trinajstić information content (AvgIpc) is 3.28. The van der Waals surface area contributed by atoms with Gasteiger partial charge < -0.3 is 14.8 Å². The van der Waals surface area contributed by atoms with E-state index in [2.05, 4.69) is 10.4 Å². The zero-order valence-electron chi connectivity index (χ0n) is 18.9. The van der Waals surface area contributed by atoms with Crippen molar-refractivity contribution in [3.63, 3.8) is 0 Å². The van der Waals surface area contributed by atoms with Crippen LogP contribution in [0.4, 0.5) is 18.2 Å². The third kappa shape index (κ3) is 4.80. The van der Waals surface area contributed by atoms with Gasteiger partial charge in [0, 0.05) is 22.4 Å². The normalized spacial score (nSPS) is 11.4. The van der Waals surface area contributed by atoms with Gasteiger partial charge in [-0.25, -0.2) is 4.79 Å². The molecule has 186 valence electrons. The minimum absolute atomic E-state index is 0.0406. The Bertz CT molecular complexity index is 1530. The van der Waals surface area contributed by atoms with E-state index in [4.69, 9.17) is 9.47 Å². The van der Waals surface area contributed by atoms with E-state index in [1.807, 2.05) is 0 Å². The fraction of sp³-hybridized carbons (Fsp3) is 0.167. The first kappa shape index (κ1) is 24.9. The topological polar surface area (TPSA) is 99.5 Å². The van der Waals surface area contributed by atoms with Gasteiger partial charge in [0.1, 0.15) is 10.8 Å². The molecular formula is C24H18F3N3O5S. The molecule has 4 rings (SSSR count). The number of esters is 1. The second-order valence-electron chi connectivity index (χ2n) is 7.37. The number of benzene rings is 2. The van der Waals surface area contributed by atoms with Crippen LogP contribution in [0.25, 0.3) is 16.5 Å². The van der Waals surface area contributed by atoms with Crippen molar-refractivity contribution in [2.45, 2.75) is 13.1 Å². The minimum atomic E-state index is -4.63. The Hall–Kier alpha value is -4.19. The Morgan fingerprint density at radius 2 is 1.89 bits per heavy atom. The first-order valence-electron chi connectivity index (χ1n) is 10.5. The molecule has 0 fully saturated rings. The molecule has 12 heteroatoms. The van der Waals surface area contributed by atoms with Gasteiger partial charge >= 0.3 is 12.1 Å². The number of carbonyl (C=O) groups excluding carboxylic acids is 2. The van der Waals surface area contributed by atoms with E-state index in [0.717, 1.165) is 28.2 Å². The maximum atomic E-state index is 13.5. The molecule has 0 aliphatic rings. The van der Waals surface area contributed by atoms with Crippen molar-refractivity contribution in [2.75, 3.05) is 19.0 Å². The zero-order valence-corrected chi connectivity index (χ0v) is 19.7. The summed E-state index contributed by atoms with van der Waals surface area (Å²) < 4.78 is 50.5. The number of rotatable bonds is 6. The minimum Gasteiger partial charge on any atom is -0.497 e. The number of nitrogens with one attached hydrogen (secondary N) is 1. The smallest absolute Gasteiger partial charge is 0.416 e. The number of halogens is 3. The number of carbonyl (C=O) groups is 2. The molecule has 0 unspecified atom stereocenters. The molecule has 2 aromatic heterocycles. The van der Waals surface area contributed by atoms with E-state index in [-0.39, 0.29) is 39.3 Å². The number of nitrogens with zero attached hydrogens (tertiary/aromatic N) is 2. The van der Waals surface area contributed by atoms with Crippen LogP contribution in [0.3, 0.4) is 0 Å². The fourth-order valence-corrected chi connectivity index (χ4v) is 4.35. The molecule has 8 nitrogen and oxygen atoms in total. The van der Waals surface area contributed by atoms with Crippen LogP contribution in [-0.2, 0) is 10.9 Å². The number of aromatic nitrogens is 2. The highest BCUT2D eigenvalue weighted by Crippen LogP contribution is 2.32. The van der Waals surface area contributed by atoms with Crippen LogP contribution in [0, 0.1) is 0 Å². The van der Waals surface area contributed by atoms with Crippen LogP contribution >= 0.6 is 11.3 Å². The quantitative estimate of drug-likeness (QED) is 0.365. The predicted octanol–water partition coefficient (Wildman–Crippen LogP) is 4.90. The molecule has 0 radical (unpaired) electrons. The molecule has 0 saturated carbocycles. The van der Waals surface area contributed by atoms with Crippen LogP contribution < -0.4 is 15.6 Å². The molecule has 36 heavy (non-hydrogen) atoms. The molecule has 0 spiro atoms. The third-order valence-electron chi connectivity index (χ3n) is 5.10. The lowest BCUT2D eigenvalue weighted by Gasteiger charge is -2.11. The number of hydrogen-bond donors (Lipinski definition) is 1. The first-order valence-corrected chi connectivity index (χ1v) is 11.4. The lowest BCUT2D eigenvalue weighted by molar-refractivity contribution is -0.137. The SMILES string of the molecule is CCOC(=O)c1nn(-c2cccc(OC)c2)c(=O)c2c(NC(=O)c3cccc(C(F)(F)F)c3)scc12. The van der Waals surface area contributed by atoms with Gasteiger partial charge in [-0.15, -0.1) is 11.3 Å². The molecule has 2 aromatic carbocycles. The van der Waals surface area contributed by atoms with Crippen molar-refractivity contribution < 1.29 is 32.2 Å². The molecule has 0 bridgehead atoms. The summed E-state index contributed by atoms with van der Waals surface area (Å²) >= 11 is 0.931. The molecule has 1 N–H and O–H groups in total. The van der Waals surface area contributed by atoms with Crippen molar-refractivity contribution in [1.29, 1.82) is 0 Å². The molecular weight excluding hydrogens is 499 g/mol. The van der Waals surface area contributed by atoms with Gasteiger partial charge in [-0.1, -0.05) is 12.1 Å². The van der Waals surface area contributed by atoms with E-state index in [1.54, 1.807) is 25.1 Å². The first-order chi connectivity index (χ1) is 17.1. The van der Waals surface area contributed by atoms with Gasteiger partial charge in [-0.3, -0.25) is 9.59 Å². The zero-order chi connectivity index (χ0) is 26.0. The van der Waals surface area contributed by atoms with Gasteiger partial charge in [0.2, 0.25) is 0 Å². The van der Waals surface area contributed by atoms with Gasteiger partial charge in [-0.2, -0.15) is 23.0 Å². The molecule has 0 saturated heterocycles. The van der Waals surface area contributed by atoms with Crippen molar-refractivity contribution in [1.82, 2.24) is 9.78 Å². The number of thiophene rings is 1. The van der Waals surface area contributed by atoms with Gasteiger partial charge in [0.05, 0.1) is 30.4 Å². The van der Waals surface area contributed by atoms with Crippen LogP contribution in [0.2, 0.25) is 0 Å².